The Hall–Kier alpha value is -1.70. The first-order chi connectivity index (χ1) is 9.18. The summed E-state index contributed by atoms with van der Waals surface area (Å²) in [5, 5.41) is 0. The van der Waals surface area contributed by atoms with Gasteiger partial charge < -0.3 is 0 Å². The second kappa shape index (κ2) is 5.01. The van der Waals surface area contributed by atoms with Crippen molar-refractivity contribution in [3.05, 3.63) is 47.9 Å². The molecule has 1 aromatic heterocycles. The van der Waals surface area contributed by atoms with Gasteiger partial charge in [-0.1, -0.05) is 65.8 Å². The van der Waals surface area contributed by atoms with Gasteiger partial charge in [-0.25, -0.2) is 0 Å². The smallest absolute Gasteiger partial charge is 0.0885 e. The fourth-order valence-electron chi connectivity index (χ4n) is 2.01. The lowest BCUT2D eigenvalue weighted by atomic mass is 9.86. The summed E-state index contributed by atoms with van der Waals surface area (Å²) in [5.74, 6) is 0. The Morgan fingerprint density at radius 1 is 0.700 bits per heavy atom. The predicted octanol–water partition coefficient (Wildman–Crippen LogP) is 4.74. The van der Waals surface area contributed by atoms with Gasteiger partial charge in [0.25, 0.3) is 0 Å². The molecule has 2 aromatic rings. The highest BCUT2D eigenvalue weighted by atomic mass is 14.8. The van der Waals surface area contributed by atoms with E-state index in [-0.39, 0.29) is 10.8 Å². The largest absolute Gasteiger partial charge is 0.257 e. The number of hydrogen-bond acceptors (Lipinski definition) is 2. The number of aromatic nitrogens is 2. The zero-order valence-corrected chi connectivity index (χ0v) is 13.4. The molecule has 0 spiro atoms. The van der Waals surface area contributed by atoms with Crippen LogP contribution >= 0.6 is 0 Å². The lowest BCUT2D eigenvalue weighted by Gasteiger charge is -2.19. The Labute approximate surface area is 122 Å². The molecule has 0 bridgehead atoms. The topological polar surface area (TPSA) is 25.8 Å². The standard InChI is InChI=1S/C18H24N2/c1-17(2,3)14-9-7-13(8-10-14)15-11-20-16(12-19-15)18(4,5)6/h7-12H,1-6H3. The summed E-state index contributed by atoms with van der Waals surface area (Å²) in [5.41, 5.74) is 4.62. The van der Waals surface area contributed by atoms with Crippen molar-refractivity contribution in [2.75, 3.05) is 0 Å². The summed E-state index contributed by atoms with van der Waals surface area (Å²) in [6, 6.07) is 8.60. The molecule has 0 aliphatic heterocycles. The maximum atomic E-state index is 4.54. The van der Waals surface area contributed by atoms with Crippen molar-refractivity contribution in [1.82, 2.24) is 9.97 Å². The second-order valence-corrected chi connectivity index (χ2v) is 7.36. The van der Waals surface area contributed by atoms with Gasteiger partial charge in [0.2, 0.25) is 0 Å². The van der Waals surface area contributed by atoms with Gasteiger partial charge in [0.15, 0.2) is 0 Å². The average molecular weight is 268 g/mol. The minimum Gasteiger partial charge on any atom is -0.257 e. The Kier molecular flexibility index (Phi) is 3.68. The first-order valence-electron chi connectivity index (χ1n) is 7.11. The van der Waals surface area contributed by atoms with E-state index in [0.29, 0.717) is 0 Å². The molecule has 2 heteroatoms. The summed E-state index contributed by atoms with van der Waals surface area (Å²) in [7, 11) is 0. The lowest BCUT2D eigenvalue weighted by Crippen LogP contribution is -2.13. The molecule has 0 aliphatic carbocycles. The molecule has 0 atom stereocenters. The summed E-state index contributed by atoms with van der Waals surface area (Å²) < 4.78 is 0. The van der Waals surface area contributed by atoms with Gasteiger partial charge in [-0.3, -0.25) is 9.97 Å². The van der Waals surface area contributed by atoms with Crippen molar-refractivity contribution >= 4 is 0 Å². The third-order valence-electron chi connectivity index (χ3n) is 3.47. The SMILES string of the molecule is CC(C)(C)c1ccc(-c2cnc(C(C)(C)C)cn2)cc1. The highest BCUT2D eigenvalue weighted by Gasteiger charge is 2.16. The molecule has 106 valence electrons. The van der Waals surface area contributed by atoms with Gasteiger partial charge in [-0.15, -0.1) is 0 Å². The van der Waals surface area contributed by atoms with Crippen LogP contribution in [0.25, 0.3) is 11.3 Å². The molecule has 1 heterocycles. The third kappa shape index (κ3) is 3.24. The van der Waals surface area contributed by atoms with Crippen molar-refractivity contribution in [3.63, 3.8) is 0 Å². The van der Waals surface area contributed by atoms with Gasteiger partial charge in [0.1, 0.15) is 0 Å². The van der Waals surface area contributed by atoms with Crippen LogP contribution in [0.5, 0.6) is 0 Å². The molecule has 2 nitrogen and oxygen atoms in total. The predicted molar refractivity (Wildman–Crippen MR) is 84.9 cm³/mol. The fraction of sp³-hybridized carbons (Fsp3) is 0.444. The van der Waals surface area contributed by atoms with Crippen LogP contribution in [-0.2, 0) is 10.8 Å². The Morgan fingerprint density at radius 2 is 1.30 bits per heavy atom. The van der Waals surface area contributed by atoms with E-state index >= 15 is 0 Å². The Bertz CT molecular complexity index is 511. The second-order valence-electron chi connectivity index (χ2n) is 7.36. The highest BCUT2D eigenvalue weighted by molar-refractivity contribution is 5.58. The molecule has 20 heavy (non-hydrogen) atoms. The molecular formula is C18H24N2. The Morgan fingerprint density at radius 3 is 1.70 bits per heavy atom. The first-order valence-corrected chi connectivity index (χ1v) is 7.11. The zero-order chi connectivity index (χ0) is 15.0. The van der Waals surface area contributed by atoms with Crippen LogP contribution in [0.4, 0.5) is 0 Å². The molecule has 0 fully saturated rings. The lowest BCUT2D eigenvalue weighted by molar-refractivity contribution is 0.566. The number of hydrogen-bond donors (Lipinski definition) is 0. The number of nitrogens with zero attached hydrogens (tertiary/aromatic N) is 2. The maximum Gasteiger partial charge on any atom is 0.0885 e. The number of benzene rings is 1. The van der Waals surface area contributed by atoms with Crippen LogP contribution in [-0.4, -0.2) is 9.97 Å². The van der Waals surface area contributed by atoms with Crippen LogP contribution < -0.4 is 0 Å². The van der Waals surface area contributed by atoms with Gasteiger partial charge >= 0.3 is 0 Å². The normalized spacial score (nSPS) is 12.5. The molecule has 0 N–H and O–H groups in total. The molecule has 0 radical (unpaired) electrons. The van der Waals surface area contributed by atoms with Crippen molar-refractivity contribution in [1.29, 1.82) is 0 Å². The van der Waals surface area contributed by atoms with Crippen molar-refractivity contribution in [2.45, 2.75) is 52.4 Å². The van der Waals surface area contributed by atoms with Crippen molar-refractivity contribution in [3.8, 4) is 11.3 Å². The van der Waals surface area contributed by atoms with Crippen molar-refractivity contribution in [2.24, 2.45) is 0 Å². The molecular weight excluding hydrogens is 244 g/mol. The third-order valence-corrected chi connectivity index (χ3v) is 3.47. The van der Waals surface area contributed by atoms with E-state index in [1.54, 1.807) is 0 Å². The Balaban J connectivity index is 2.29. The molecule has 0 amide bonds. The summed E-state index contributed by atoms with van der Waals surface area (Å²) in [6.45, 7) is 13.1. The first kappa shape index (κ1) is 14.7. The summed E-state index contributed by atoms with van der Waals surface area (Å²) in [4.78, 5) is 9.08. The maximum absolute atomic E-state index is 4.54. The van der Waals surface area contributed by atoms with E-state index in [0.717, 1.165) is 17.0 Å². The van der Waals surface area contributed by atoms with Crippen LogP contribution in [0.3, 0.4) is 0 Å². The van der Waals surface area contributed by atoms with Gasteiger partial charge in [-0.2, -0.15) is 0 Å². The van der Waals surface area contributed by atoms with Crippen LogP contribution in [0.15, 0.2) is 36.7 Å². The van der Waals surface area contributed by atoms with Gasteiger partial charge in [0.05, 0.1) is 17.6 Å². The molecule has 0 unspecified atom stereocenters. The minimum absolute atomic E-state index is 0.0433. The van der Waals surface area contributed by atoms with Gasteiger partial charge in [-0.05, 0) is 11.0 Å². The molecule has 0 saturated heterocycles. The zero-order valence-electron chi connectivity index (χ0n) is 13.4. The fourth-order valence-corrected chi connectivity index (χ4v) is 2.01. The highest BCUT2D eigenvalue weighted by Crippen LogP contribution is 2.26. The monoisotopic (exact) mass is 268 g/mol. The summed E-state index contributed by atoms with van der Waals surface area (Å²) >= 11 is 0. The molecule has 0 saturated carbocycles. The van der Waals surface area contributed by atoms with Crippen molar-refractivity contribution < 1.29 is 0 Å². The average Bonchev–Trinajstić information content (AvgIpc) is 2.37. The van der Waals surface area contributed by atoms with E-state index < -0.39 is 0 Å². The summed E-state index contributed by atoms with van der Waals surface area (Å²) in [6.07, 6.45) is 3.75. The molecule has 0 aliphatic rings. The van der Waals surface area contributed by atoms with Crippen LogP contribution in [0.1, 0.15) is 52.8 Å². The van der Waals surface area contributed by atoms with E-state index in [4.69, 9.17) is 0 Å². The minimum atomic E-state index is 0.0433. The van der Waals surface area contributed by atoms with E-state index in [9.17, 15) is 0 Å². The van der Waals surface area contributed by atoms with Crippen LogP contribution in [0, 0.1) is 0 Å². The quantitative estimate of drug-likeness (QED) is 0.746. The van der Waals surface area contributed by atoms with Gasteiger partial charge in [0, 0.05) is 17.2 Å². The molecule has 1 aromatic carbocycles. The van der Waals surface area contributed by atoms with E-state index in [2.05, 4.69) is 75.8 Å². The van der Waals surface area contributed by atoms with Crippen LogP contribution in [0.2, 0.25) is 0 Å². The van der Waals surface area contributed by atoms with E-state index in [1.165, 1.54) is 5.56 Å². The van der Waals surface area contributed by atoms with E-state index in [1.807, 2.05) is 12.4 Å². The number of rotatable bonds is 1. The molecule has 2 rings (SSSR count).